The summed E-state index contributed by atoms with van der Waals surface area (Å²) in [6.45, 7) is 1.92. The molecule has 0 aliphatic heterocycles. The number of amides is 1. The van der Waals surface area contributed by atoms with E-state index in [1.165, 1.54) is 6.20 Å². The molecule has 0 aromatic carbocycles. The van der Waals surface area contributed by atoms with Crippen molar-refractivity contribution in [3.8, 4) is 12.3 Å². The maximum absolute atomic E-state index is 12.0. The number of carbonyl (C=O) groups is 1. The van der Waals surface area contributed by atoms with E-state index >= 15 is 0 Å². The van der Waals surface area contributed by atoms with Crippen molar-refractivity contribution >= 4 is 11.4 Å². The molecule has 86 valence electrons. The van der Waals surface area contributed by atoms with E-state index in [-0.39, 0.29) is 11.9 Å². The smallest absolute Gasteiger partial charge is 0.256 e. The number of nitrogens with one attached hydrogen (secondary N) is 1. The van der Waals surface area contributed by atoms with Crippen molar-refractivity contribution in [1.29, 1.82) is 0 Å². The standard InChI is InChI=1S/C12H12N4O/c1-3-9(4-2)15-12(17)10-7-14-16-6-5-13-8-11(10)16/h1,5-9H,4H2,2H3,(H,15,17). The molecular formula is C12H12N4O. The Morgan fingerprint density at radius 2 is 2.47 bits per heavy atom. The minimum absolute atomic E-state index is 0.224. The molecule has 0 radical (unpaired) electrons. The fourth-order valence-electron chi connectivity index (χ4n) is 1.51. The molecule has 5 nitrogen and oxygen atoms in total. The van der Waals surface area contributed by atoms with Crippen LogP contribution in [0.5, 0.6) is 0 Å². The van der Waals surface area contributed by atoms with Gasteiger partial charge < -0.3 is 5.32 Å². The number of rotatable bonds is 3. The molecule has 0 saturated heterocycles. The van der Waals surface area contributed by atoms with E-state index in [0.717, 1.165) is 0 Å². The third-order valence-corrected chi connectivity index (χ3v) is 2.48. The van der Waals surface area contributed by atoms with Gasteiger partial charge in [0.2, 0.25) is 0 Å². The highest BCUT2D eigenvalue weighted by molar-refractivity contribution is 6.00. The Bertz CT molecular complexity index is 581. The minimum atomic E-state index is -0.255. The Morgan fingerprint density at radius 3 is 3.18 bits per heavy atom. The highest BCUT2D eigenvalue weighted by Crippen LogP contribution is 2.08. The molecular weight excluding hydrogens is 216 g/mol. The van der Waals surface area contributed by atoms with Gasteiger partial charge >= 0.3 is 0 Å². The fourth-order valence-corrected chi connectivity index (χ4v) is 1.51. The van der Waals surface area contributed by atoms with E-state index in [1.807, 2.05) is 6.92 Å². The summed E-state index contributed by atoms with van der Waals surface area (Å²) in [6, 6.07) is -0.255. The largest absolute Gasteiger partial charge is 0.338 e. The SMILES string of the molecule is C#CC(CC)NC(=O)c1cnn2ccncc12. The quantitative estimate of drug-likeness (QED) is 0.793. The molecule has 0 spiro atoms. The first-order valence-electron chi connectivity index (χ1n) is 5.30. The molecule has 0 fully saturated rings. The van der Waals surface area contributed by atoms with Gasteiger partial charge in [-0.2, -0.15) is 5.10 Å². The van der Waals surface area contributed by atoms with Gasteiger partial charge in [0.15, 0.2) is 0 Å². The second kappa shape index (κ2) is 4.66. The van der Waals surface area contributed by atoms with Crippen molar-refractivity contribution in [2.75, 3.05) is 0 Å². The maximum Gasteiger partial charge on any atom is 0.256 e. The zero-order chi connectivity index (χ0) is 12.3. The third kappa shape index (κ3) is 2.11. The van der Waals surface area contributed by atoms with Crippen LogP contribution in [0.4, 0.5) is 0 Å². The lowest BCUT2D eigenvalue weighted by molar-refractivity contribution is 0.0946. The summed E-state index contributed by atoms with van der Waals surface area (Å²) < 4.78 is 1.60. The molecule has 17 heavy (non-hydrogen) atoms. The normalized spacial score (nSPS) is 12.0. The topological polar surface area (TPSA) is 59.3 Å². The second-order valence-electron chi connectivity index (χ2n) is 3.57. The van der Waals surface area contributed by atoms with E-state index in [9.17, 15) is 4.79 Å². The Hall–Kier alpha value is -2.35. The van der Waals surface area contributed by atoms with Crippen LogP contribution in [0.15, 0.2) is 24.8 Å². The van der Waals surface area contributed by atoms with Gasteiger partial charge in [-0.3, -0.25) is 9.78 Å². The highest BCUT2D eigenvalue weighted by Gasteiger charge is 2.14. The molecule has 1 amide bonds. The van der Waals surface area contributed by atoms with E-state index in [4.69, 9.17) is 6.42 Å². The molecule has 2 aromatic rings. The van der Waals surface area contributed by atoms with Gasteiger partial charge in [0, 0.05) is 12.4 Å². The molecule has 2 heterocycles. The molecule has 1 atom stereocenters. The van der Waals surface area contributed by atoms with Crippen LogP contribution in [-0.2, 0) is 0 Å². The van der Waals surface area contributed by atoms with Crippen molar-refractivity contribution in [2.24, 2.45) is 0 Å². The van der Waals surface area contributed by atoms with E-state index in [2.05, 4.69) is 21.3 Å². The molecule has 2 aromatic heterocycles. The van der Waals surface area contributed by atoms with E-state index in [1.54, 1.807) is 23.1 Å². The van der Waals surface area contributed by atoms with E-state index < -0.39 is 0 Å². The first-order valence-corrected chi connectivity index (χ1v) is 5.30. The summed E-state index contributed by atoms with van der Waals surface area (Å²) in [5.74, 6) is 2.29. The van der Waals surface area contributed by atoms with Gasteiger partial charge in [-0.15, -0.1) is 6.42 Å². The number of carbonyl (C=O) groups excluding carboxylic acids is 1. The monoisotopic (exact) mass is 228 g/mol. The van der Waals surface area contributed by atoms with Gasteiger partial charge in [-0.1, -0.05) is 12.8 Å². The third-order valence-electron chi connectivity index (χ3n) is 2.48. The predicted octanol–water partition coefficient (Wildman–Crippen LogP) is 0.871. The lowest BCUT2D eigenvalue weighted by atomic mass is 10.2. The second-order valence-corrected chi connectivity index (χ2v) is 3.57. The van der Waals surface area contributed by atoms with Crippen LogP contribution < -0.4 is 5.32 Å². The number of fused-ring (bicyclic) bond motifs is 1. The lowest BCUT2D eigenvalue weighted by Gasteiger charge is -2.09. The Balaban J connectivity index is 2.28. The number of hydrogen-bond acceptors (Lipinski definition) is 3. The van der Waals surface area contributed by atoms with Crippen molar-refractivity contribution in [2.45, 2.75) is 19.4 Å². The Kier molecular flexibility index (Phi) is 3.06. The van der Waals surface area contributed by atoms with Gasteiger partial charge in [0.05, 0.1) is 29.5 Å². The predicted molar refractivity (Wildman–Crippen MR) is 63.4 cm³/mol. The van der Waals surface area contributed by atoms with Crippen molar-refractivity contribution < 1.29 is 4.79 Å². The number of nitrogens with zero attached hydrogens (tertiary/aromatic N) is 3. The molecule has 0 saturated carbocycles. The summed E-state index contributed by atoms with van der Waals surface area (Å²) in [4.78, 5) is 15.9. The van der Waals surface area contributed by atoms with Crippen LogP contribution >= 0.6 is 0 Å². The van der Waals surface area contributed by atoms with Crippen LogP contribution in [0, 0.1) is 12.3 Å². The van der Waals surface area contributed by atoms with E-state index in [0.29, 0.717) is 17.5 Å². The molecule has 1 N–H and O–H groups in total. The number of aromatic nitrogens is 3. The van der Waals surface area contributed by atoms with Crippen LogP contribution in [0.2, 0.25) is 0 Å². The summed E-state index contributed by atoms with van der Waals surface area (Å²) in [7, 11) is 0. The number of hydrogen-bond donors (Lipinski definition) is 1. The summed E-state index contributed by atoms with van der Waals surface area (Å²) in [6.07, 6.45) is 12.4. The van der Waals surface area contributed by atoms with Crippen LogP contribution in [0.25, 0.3) is 5.52 Å². The molecule has 2 rings (SSSR count). The van der Waals surface area contributed by atoms with Crippen LogP contribution in [-0.4, -0.2) is 26.5 Å². The fraction of sp³-hybridized carbons (Fsp3) is 0.250. The van der Waals surface area contributed by atoms with Crippen molar-refractivity contribution in [3.05, 3.63) is 30.4 Å². The lowest BCUT2D eigenvalue weighted by Crippen LogP contribution is -2.33. The molecule has 5 heteroatoms. The molecule has 0 aliphatic carbocycles. The zero-order valence-electron chi connectivity index (χ0n) is 9.42. The first-order chi connectivity index (χ1) is 8.26. The van der Waals surface area contributed by atoms with Gasteiger partial charge in [-0.05, 0) is 6.42 Å². The summed E-state index contributed by atoms with van der Waals surface area (Å²) in [5.41, 5.74) is 1.14. The average Bonchev–Trinajstić information content (AvgIpc) is 2.79. The highest BCUT2D eigenvalue weighted by atomic mass is 16.1. The first kappa shape index (κ1) is 11.1. The minimum Gasteiger partial charge on any atom is -0.338 e. The molecule has 1 unspecified atom stereocenters. The van der Waals surface area contributed by atoms with Crippen molar-refractivity contribution in [3.63, 3.8) is 0 Å². The molecule has 0 aliphatic rings. The van der Waals surface area contributed by atoms with Crippen LogP contribution in [0.3, 0.4) is 0 Å². The van der Waals surface area contributed by atoms with Gasteiger partial charge in [0.25, 0.3) is 5.91 Å². The summed E-state index contributed by atoms with van der Waals surface area (Å²) in [5, 5.41) is 6.82. The number of terminal acetylenes is 1. The molecule has 0 bridgehead atoms. The van der Waals surface area contributed by atoms with Gasteiger partial charge in [0.1, 0.15) is 0 Å². The van der Waals surface area contributed by atoms with Crippen molar-refractivity contribution in [1.82, 2.24) is 19.9 Å². The summed E-state index contributed by atoms with van der Waals surface area (Å²) >= 11 is 0. The van der Waals surface area contributed by atoms with Gasteiger partial charge in [-0.25, -0.2) is 4.52 Å². The Labute approximate surface area is 98.9 Å². The average molecular weight is 228 g/mol. The van der Waals surface area contributed by atoms with Crippen LogP contribution in [0.1, 0.15) is 23.7 Å². The maximum atomic E-state index is 12.0. The zero-order valence-corrected chi connectivity index (χ0v) is 9.42. The Morgan fingerprint density at radius 1 is 1.65 bits per heavy atom.